The van der Waals surface area contributed by atoms with Crippen molar-refractivity contribution in [1.29, 1.82) is 0 Å². The number of hydrogen-bond donors (Lipinski definition) is 2. The van der Waals surface area contributed by atoms with Gasteiger partial charge in [-0.3, -0.25) is 14.6 Å². The zero-order valence-corrected chi connectivity index (χ0v) is 8.07. The van der Waals surface area contributed by atoms with Gasteiger partial charge in [0.25, 0.3) is 0 Å². The van der Waals surface area contributed by atoms with E-state index in [4.69, 9.17) is 9.79 Å². The summed E-state index contributed by atoms with van der Waals surface area (Å²) in [6.07, 6.45) is 4.30. The second kappa shape index (κ2) is 4.22. The van der Waals surface area contributed by atoms with Gasteiger partial charge in [-0.15, -0.1) is 0 Å². The number of carbonyl (C=O) groups is 1. The van der Waals surface area contributed by atoms with E-state index in [9.17, 15) is 9.36 Å². The highest BCUT2D eigenvalue weighted by Gasteiger charge is 2.28. The van der Waals surface area contributed by atoms with Crippen molar-refractivity contribution < 1.29 is 23.7 Å². The molecule has 1 saturated carbocycles. The zero-order valence-electron chi connectivity index (χ0n) is 7.18. The van der Waals surface area contributed by atoms with Gasteiger partial charge in [-0.1, -0.05) is 19.3 Å². The van der Waals surface area contributed by atoms with Crippen LogP contribution in [0.4, 0.5) is 0 Å². The van der Waals surface area contributed by atoms with Gasteiger partial charge in [-0.2, -0.15) is 0 Å². The molecule has 0 heterocycles. The van der Waals surface area contributed by atoms with Crippen molar-refractivity contribution in [1.82, 2.24) is 0 Å². The van der Waals surface area contributed by atoms with Gasteiger partial charge in [-0.25, -0.2) is 4.57 Å². The third-order valence-electron chi connectivity index (χ3n) is 2.15. The highest BCUT2D eigenvalue weighted by atomic mass is 31.2. The standard InChI is InChI=1S/C7H13O5P/c8-7(12-13(9,10)11)6-4-2-1-3-5-6/h6H,1-5H2,(H2,9,10,11). The third kappa shape index (κ3) is 3.89. The van der Waals surface area contributed by atoms with E-state index in [0.717, 1.165) is 19.3 Å². The molecule has 0 unspecified atom stereocenters. The molecule has 13 heavy (non-hydrogen) atoms. The normalized spacial score (nSPS) is 19.8. The van der Waals surface area contributed by atoms with Crippen LogP contribution >= 0.6 is 7.82 Å². The fourth-order valence-electron chi connectivity index (χ4n) is 1.53. The molecule has 0 saturated heterocycles. The molecule has 0 aromatic rings. The van der Waals surface area contributed by atoms with Crippen LogP contribution in [-0.4, -0.2) is 15.8 Å². The lowest BCUT2D eigenvalue weighted by molar-refractivity contribution is -0.141. The molecule has 76 valence electrons. The van der Waals surface area contributed by atoms with E-state index in [1.807, 2.05) is 0 Å². The van der Waals surface area contributed by atoms with E-state index in [1.165, 1.54) is 0 Å². The van der Waals surface area contributed by atoms with Crippen molar-refractivity contribution in [3.8, 4) is 0 Å². The molecule has 0 amide bonds. The van der Waals surface area contributed by atoms with Gasteiger partial charge in [0.2, 0.25) is 0 Å². The molecule has 1 rings (SSSR count). The number of carbonyl (C=O) groups excluding carboxylic acids is 1. The Kier molecular flexibility index (Phi) is 3.47. The number of rotatable bonds is 2. The SMILES string of the molecule is O=C(OP(=O)(O)O)C1CCCCC1. The molecule has 5 nitrogen and oxygen atoms in total. The zero-order chi connectivity index (χ0) is 9.90. The molecule has 0 aliphatic heterocycles. The molecule has 1 aliphatic rings. The highest BCUT2D eigenvalue weighted by molar-refractivity contribution is 7.46. The van der Waals surface area contributed by atoms with Crippen molar-refractivity contribution in [2.24, 2.45) is 5.92 Å². The first kappa shape index (κ1) is 10.7. The van der Waals surface area contributed by atoms with Crippen LogP contribution in [0.15, 0.2) is 0 Å². The van der Waals surface area contributed by atoms with E-state index in [0.29, 0.717) is 12.8 Å². The van der Waals surface area contributed by atoms with Gasteiger partial charge in [-0.05, 0) is 12.8 Å². The molecule has 0 atom stereocenters. The molecular formula is C7H13O5P. The van der Waals surface area contributed by atoms with Crippen molar-refractivity contribution in [2.75, 3.05) is 0 Å². The average Bonchev–Trinajstić information content (AvgIpc) is 2.03. The minimum Gasteiger partial charge on any atom is -0.370 e. The Morgan fingerprint density at radius 3 is 2.23 bits per heavy atom. The van der Waals surface area contributed by atoms with Crippen LogP contribution in [0.1, 0.15) is 32.1 Å². The summed E-state index contributed by atoms with van der Waals surface area (Å²) in [4.78, 5) is 27.9. The Labute approximate surface area is 76.3 Å². The average molecular weight is 208 g/mol. The van der Waals surface area contributed by atoms with E-state index < -0.39 is 13.8 Å². The molecular weight excluding hydrogens is 195 g/mol. The van der Waals surface area contributed by atoms with Crippen molar-refractivity contribution in [3.05, 3.63) is 0 Å². The summed E-state index contributed by atoms with van der Waals surface area (Å²) in [6, 6.07) is 0. The second-order valence-corrected chi connectivity index (χ2v) is 4.40. The van der Waals surface area contributed by atoms with E-state index in [-0.39, 0.29) is 5.92 Å². The molecule has 6 heteroatoms. The topological polar surface area (TPSA) is 83.8 Å². The number of phosphoric ester groups is 1. The molecule has 1 fully saturated rings. The minimum absolute atomic E-state index is 0.318. The van der Waals surface area contributed by atoms with E-state index >= 15 is 0 Å². The van der Waals surface area contributed by atoms with Crippen LogP contribution in [-0.2, 0) is 13.9 Å². The van der Waals surface area contributed by atoms with E-state index in [2.05, 4.69) is 4.52 Å². The Balaban J connectivity index is 2.42. The first-order valence-corrected chi connectivity index (χ1v) is 5.81. The molecule has 1 aliphatic carbocycles. The quantitative estimate of drug-likeness (QED) is 0.666. The molecule has 0 radical (unpaired) electrons. The minimum atomic E-state index is -4.64. The maximum Gasteiger partial charge on any atom is 0.526 e. The largest absolute Gasteiger partial charge is 0.526 e. The Morgan fingerprint density at radius 1 is 1.23 bits per heavy atom. The first-order valence-electron chi connectivity index (χ1n) is 4.28. The summed E-state index contributed by atoms with van der Waals surface area (Å²) in [6.45, 7) is 0. The van der Waals surface area contributed by atoms with Gasteiger partial charge in [0, 0.05) is 0 Å². The maximum absolute atomic E-state index is 11.1. The summed E-state index contributed by atoms with van der Waals surface area (Å²) in [7, 11) is -4.64. The summed E-state index contributed by atoms with van der Waals surface area (Å²) >= 11 is 0. The lowest BCUT2D eigenvalue weighted by Gasteiger charge is -2.19. The summed E-state index contributed by atoms with van der Waals surface area (Å²) in [5.41, 5.74) is 0. The van der Waals surface area contributed by atoms with Crippen LogP contribution in [0.2, 0.25) is 0 Å². The third-order valence-corrected chi connectivity index (χ3v) is 2.57. The Bertz CT molecular complexity index is 227. The van der Waals surface area contributed by atoms with Gasteiger partial charge in [0.1, 0.15) is 0 Å². The van der Waals surface area contributed by atoms with Crippen molar-refractivity contribution in [2.45, 2.75) is 32.1 Å². The monoisotopic (exact) mass is 208 g/mol. The smallest absolute Gasteiger partial charge is 0.370 e. The number of hydrogen-bond acceptors (Lipinski definition) is 3. The van der Waals surface area contributed by atoms with E-state index in [1.54, 1.807) is 0 Å². The van der Waals surface area contributed by atoms with Crippen LogP contribution in [0.3, 0.4) is 0 Å². The number of phosphoric acid groups is 1. The summed E-state index contributed by atoms with van der Waals surface area (Å²) < 4.78 is 14.3. The van der Waals surface area contributed by atoms with Crippen LogP contribution in [0.5, 0.6) is 0 Å². The van der Waals surface area contributed by atoms with Crippen LogP contribution in [0.25, 0.3) is 0 Å². The van der Waals surface area contributed by atoms with Crippen LogP contribution in [0, 0.1) is 5.92 Å². The van der Waals surface area contributed by atoms with Gasteiger partial charge in [0.15, 0.2) is 0 Å². The fraction of sp³-hybridized carbons (Fsp3) is 0.857. The first-order chi connectivity index (χ1) is 5.99. The predicted octanol–water partition coefficient (Wildman–Crippen LogP) is 1.20. The molecule has 2 N–H and O–H groups in total. The predicted molar refractivity (Wildman–Crippen MR) is 44.7 cm³/mol. The van der Waals surface area contributed by atoms with Gasteiger partial charge >= 0.3 is 13.8 Å². The maximum atomic E-state index is 11.1. The van der Waals surface area contributed by atoms with Crippen LogP contribution < -0.4 is 0 Å². The molecule has 0 aromatic heterocycles. The van der Waals surface area contributed by atoms with Gasteiger partial charge < -0.3 is 4.52 Å². The lowest BCUT2D eigenvalue weighted by atomic mass is 9.90. The van der Waals surface area contributed by atoms with Gasteiger partial charge in [0.05, 0.1) is 5.92 Å². The summed E-state index contributed by atoms with van der Waals surface area (Å²) in [5.74, 6) is -1.07. The molecule has 0 aromatic carbocycles. The second-order valence-electron chi connectivity index (χ2n) is 3.24. The molecule has 0 spiro atoms. The van der Waals surface area contributed by atoms with Crippen molar-refractivity contribution >= 4 is 13.8 Å². The molecule has 0 bridgehead atoms. The Hall–Kier alpha value is -0.380. The van der Waals surface area contributed by atoms with Crippen molar-refractivity contribution in [3.63, 3.8) is 0 Å². The fourth-order valence-corrected chi connectivity index (χ4v) is 1.91. The summed E-state index contributed by atoms with van der Waals surface area (Å²) in [5, 5.41) is 0. The lowest BCUT2D eigenvalue weighted by Crippen LogP contribution is -2.19. The Morgan fingerprint density at radius 2 is 1.77 bits per heavy atom. The highest BCUT2D eigenvalue weighted by Crippen LogP contribution is 2.38.